The summed E-state index contributed by atoms with van der Waals surface area (Å²) in [5.74, 6) is 0.731. The number of piperidine rings is 1. The van der Waals surface area contributed by atoms with Gasteiger partial charge in [0.2, 0.25) is 0 Å². The number of likely N-dealkylation sites (tertiary alicyclic amines) is 1. The van der Waals surface area contributed by atoms with Crippen LogP contribution in [-0.2, 0) is 4.79 Å². The van der Waals surface area contributed by atoms with Gasteiger partial charge in [0.05, 0.1) is 32.0 Å². The van der Waals surface area contributed by atoms with Gasteiger partial charge in [-0.05, 0) is 6.92 Å². The van der Waals surface area contributed by atoms with E-state index in [1.165, 1.54) is 4.90 Å². The molecule has 1 heterocycles. The molecule has 2 nitrogen and oxygen atoms in total. The number of carbonyl (C=O) groups is 1. The van der Waals surface area contributed by atoms with E-state index >= 15 is 0 Å². The minimum Gasteiger partial charge on any atom is -0.334 e. The zero-order valence-corrected chi connectivity index (χ0v) is 6.98. The normalized spacial score (nSPS) is 41.9. The van der Waals surface area contributed by atoms with E-state index in [2.05, 4.69) is 14.0 Å². The third-order valence-electron chi connectivity index (χ3n) is 2.53. The highest BCUT2D eigenvalue weighted by Gasteiger charge is 2.29. The number of nitrogens with one attached hydrogen (secondary N) is 1. The average Bonchev–Trinajstić information content (AvgIpc) is 1.84. The van der Waals surface area contributed by atoms with Gasteiger partial charge in [-0.25, -0.2) is 0 Å². The molecule has 1 N–H and O–H groups in total. The lowest BCUT2D eigenvalue weighted by molar-refractivity contribution is -0.908. The van der Waals surface area contributed by atoms with Gasteiger partial charge >= 0.3 is 0 Å². The third kappa shape index (κ3) is 1.37. The van der Waals surface area contributed by atoms with Crippen molar-refractivity contribution in [2.24, 2.45) is 5.92 Å². The van der Waals surface area contributed by atoms with E-state index in [0.29, 0.717) is 11.8 Å². The lowest BCUT2D eigenvalue weighted by atomic mass is 9.94. The smallest absolute Gasteiger partial charge is 0.147 e. The molecule has 1 aliphatic heterocycles. The minimum atomic E-state index is 0.288. The second-order valence-corrected chi connectivity index (χ2v) is 3.52. The second-order valence-electron chi connectivity index (χ2n) is 3.52. The number of ketones is 1. The molecule has 0 spiro atoms. The van der Waals surface area contributed by atoms with Crippen LogP contribution in [0.5, 0.6) is 0 Å². The molecule has 0 aromatic carbocycles. The Balaban J connectivity index is 2.54. The summed E-state index contributed by atoms with van der Waals surface area (Å²) in [6.07, 6.45) is 0.771. The molecule has 1 unspecified atom stereocenters. The van der Waals surface area contributed by atoms with Crippen molar-refractivity contribution in [2.45, 2.75) is 26.3 Å². The van der Waals surface area contributed by atoms with E-state index in [0.717, 1.165) is 13.0 Å². The molecule has 1 saturated heterocycles. The van der Waals surface area contributed by atoms with Gasteiger partial charge in [-0.2, -0.15) is 0 Å². The summed E-state index contributed by atoms with van der Waals surface area (Å²) < 4.78 is 0. The van der Waals surface area contributed by atoms with Crippen LogP contribution in [0.1, 0.15) is 20.3 Å². The predicted molar refractivity (Wildman–Crippen MR) is 40.0 cm³/mol. The highest BCUT2D eigenvalue weighted by atomic mass is 16.1. The molecule has 3 atom stereocenters. The first-order valence-electron chi connectivity index (χ1n) is 3.96. The Kier molecular flexibility index (Phi) is 2.09. The fourth-order valence-corrected chi connectivity index (χ4v) is 1.48. The summed E-state index contributed by atoms with van der Waals surface area (Å²) >= 11 is 0. The molecule has 1 rings (SSSR count). The van der Waals surface area contributed by atoms with Crippen LogP contribution in [0, 0.1) is 5.92 Å². The Labute approximate surface area is 62.2 Å². The highest BCUT2D eigenvalue weighted by Crippen LogP contribution is 2.04. The lowest BCUT2D eigenvalue weighted by Crippen LogP contribution is -3.14. The van der Waals surface area contributed by atoms with Crippen LogP contribution < -0.4 is 4.90 Å². The third-order valence-corrected chi connectivity index (χ3v) is 2.53. The first-order valence-corrected chi connectivity index (χ1v) is 3.96. The molecule has 0 aromatic rings. The number of quaternary nitrogens is 1. The zero-order valence-electron chi connectivity index (χ0n) is 6.98. The van der Waals surface area contributed by atoms with Crippen molar-refractivity contribution in [2.75, 3.05) is 13.6 Å². The molecule has 0 radical (unpaired) electrons. The molecular weight excluding hydrogens is 126 g/mol. The molecule has 2 heteroatoms. The summed E-state index contributed by atoms with van der Waals surface area (Å²) in [6.45, 7) is 5.18. The first-order chi connectivity index (χ1) is 4.61. The largest absolute Gasteiger partial charge is 0.334 e. The zero-order chi connectivity index (χ0) is 7.72. The van der Waals surface area contributed by atoms with Crippen molar-refractivity contribution < 1.29 is 9.69 Å². The maximum absolute atomic E-state index is 11.1. The van der Waals surface area contributed by atoms with Crippen molar-refractivity contribution in [3.8, 4) is 0 Å². The van der Waals surface area contributed by atoms with Crippen molar-refractivity contribution in [3.05, 3.63) is 0 Å². The van der Waals surface area contributed by atoms with Gasteiger partial charge in [0.1, 0.15) is 5.78 Å². The minimum absolute atomic E-state index is 0.288. The highest BCUT2D eigenvalue weighted by molar-refractivity contribution is 5.81. The van der Waals surface area contributed by atoms with E-state index in [1.807, 2.05) is 6.92 Å². The monoisotopic (exact) mass is 142 g/mol. The summed E-state index contributed by atoms with van der Waals surface area (Å²) in [5.41, 5.74) is 0. The lowest BCUT2D eigenvalue weighted by Gasteiger charge is -2.29. The van der Waals surface area contributed by atoms with Gasteiger partial charge in [-0.3, -0.25) is 4.79 Å². The topological polar surface area (TPSA) is 21.5 Å². The van der Waals surface area contributed by atoms with Crippen LogP contribution in [0.25, 0.3) is 0 Å². The van der Waals surface area contributed by atoms with Crippen LogP contribution in [0.15, 0.2) is 0 Å². The maximum Gasteiger partial charge on any atom is 0.147 e. The standard InChI is InChI=1S/C8H15NO/c1-6-5-9(3)7(2)4-8(6)10/h6-7H,4-5H2,1-3H3/p+1/t6-,7-/m0/s1. The van der Waals surface area contributed by atoms with Crippen molar-refractivity contribution >= 4 is 5.78 Å². The molecule has 1 aliphatic rings. The van der Waals surface area contributed by atoms with Gasteiger partial charge in [-0.1, -0.05) is 6.92 Å². The van der Waals surface area contributed by atoms with Gasteiger partial charge in [-0.15, -0.1) is 0 Å². The second kappa shape index (κ2) is 2.70. The molecular formula is C8H16NO+. The van der Waals surface area contributed by atoms with Crippen LogP contribution in [0.3, 0.4) is 0 Å². The van der Waals surface area contributed by atoms with E-state index in [-0.39, 0.29) is 5.92 Å². The molecule has 0 aromatic heterocycles. The fraction of sp³-hybridized carbons (Fsp3) is 0.875. The average molecular weight is 142 g/mol. The Morgan fingerprint density at radius 1 is 1.50 bits per heavy atom. The predicted octanol–water partition coefficient (Wildman–Crippen LogP) is -0.501. The summed E-state index contributed by atoms with van der Waals surface area (Å²) in [7, 11) is 2.16. The van der Waals surface area contributed by atoms with E-state index in [4.69, 9.17) is 0 Å². The molecule has 0 saturated carbocycles. The van der Waals surface area contributed by atoms with Gasteiger partial charge in [0.25, 0.3) is 0 Å². The summed E-state index contributed by atoms with van der Waals surface area (Å²) in [4.78, 5) is 12.6. The molecule has 0 amide bonds. The fourth-order valence-electron chi connectivity index (χ4n) is 1.48. The molecule has 10 heavy (non-hydrogen) atoms. The number of hydrogen-bond acceptors (Lipinski definition) is 1. The number of carbonyl (C=O) groups excluding carboxylic acids is 1. The van der Waals surface area contributed by atoms with Crippen molar-refractivity contribution in [1.82, 2.24) is 0 Å². The SMILES string of the molecule is C[C@H]1C[NH+](C)[C@@H](C)CC1=O. The Bertz CT molecular complexity index is 144. The summed E-state index contributed by atoms with van der Waals surface area (Å²) in [6, 6.07) is 0.531. The van der Waals surface area contributed by atoms with Gasteiger partial charge in [0.15, 0.2) is 0 Å². The van der Waals surface area contributed by atoms with E-state index in [1.54, 1.807) is 0 Å². The van der Waals surface area contributed by atoms with Crippen LogP contribution in [0.2, 0.25) is 0 Å². The van der Waals surface area contributed by atoms with Gasteiger partial charge < -0.3 is 4.90 Å². The van der Waals surface area contributed by atoms with Crippen molar-refractivity contribution in [3.63, 3.8) is 0 Å². The Morgan fingerprint density at radius 2 is 2.10 bits per heavy atom. The number of rotatable bonds is 0. The molecule has 0 aliphatic carbocycles. The van der Waals surface area contributed by atoms with Crippen LogP contribution >= 0.6 is 0 Å². The maximum atomic E-state index is 11.1. The Hall–Kier alpha value is -0.370. The van der Waals surface area contributed by atoms with Crippen LogP contribution in [0.4, 0.5) is 0 Å². The molecule has 1 fully saturated rings. The van der Waals surface area contributed by atoms with Crippen LogP contribution in [-0.4, -0.2) is 25.4 Å². The summed E-state index contributed by atoms with van der Waals surface area (Å²) in [5, 5.41) is 0. The van der Waals surface area contributed by atoms with E-state index in [9.17, 15) is 4.79 Å². The first kappa shape index (κ1) is 7.73. The Morgan fingerprint density at radius 3 is 2.60 bits per heavy atom. The quantitative estimate of drug-likeness (QED) is 0.484. The number of Topliss-reactive ketones (excluding diaryl/α,β-unsaturated/α-hetero) is 1. The number of hydrogen-bond donors (Lipinski definition) is 1. The van der Waals surface area contributed by atoms with Crippen molar-refractivity contribution in [1.29, 1.82) is 0 Å². The molecule has 0 bridgehead atoms. The van der Waals surface area contributed by atoms with Gasteiger partial charge in [0, 0.05) is 0 Å². The van der Waals surface area contributed by atoms with E-state index < -0.39 is 0 Å². The molecule has 58 valence electrons.